The Labute approximate surface area is 128 Å². The lowest BCUT2D eigenvalue weighted by molar-refractivity contribution is 0.576. The SMILES string of the molecule is CNC(CSc1cc(F)ccc1F)c1cc(C)ccc1C. The largest absolute Gasteiger partial charge is 0.312 e. The number of nitrogens with one attached hydrogen (secondary N) is 1. The van der Waals surface area contributed by atoms with Crippen LogP contribution in [0.5, 0.6) is 0 Å². The number of hydrogen-bond donors (Lipinski definition) is 1. The van der Waals surface area contributed by atoms with Crippen molar-refractivity contribution in [3.63, 3.8) is 0 Å². The predicted octanol–water partition coefficient (Wildman–Crippen LogP) is 4.63. The molecule has 0 radical (unpaired) electrons. The van der Waals surface area contributed by atoms with Crippen molar-refractivity contribution in [2.24, 2.45) is 0 Å². The van der Waals surface area contributed by atoms with E-state index in [4.69, 9.17) is 0 Å². The summed E-state index contributed by atoms with van der Waals surface area (Å²) in [6.07, 6.45) is 0. The lowest BCUT2D eigenvalue weighted by Crippen LogP contribution is -2.20. The fraction of sp³-hybridized carbons (Fsp3) is 0.294. The van der Waals surface area contributed by atoms with E-state index in [1.54, 1.807) is 0 Å². The molecule has 0 bridgehead atoms. The Hall–Kier alpha value is -1.39. The summed E-state index contributed by atoms with van der Waals surface area (Å²) in [7, 11) is 1.88. The Morgan fingerprint density at radius 3 is 2.57 bits per heavy atom. The Balaban J connectivity index is 2.16. The van der Waals surface area contributed by atoms with E-state index in [-0.39, 0.29) is 11.9 Å². The van der Waals surface area contributed by atoms with Gasteiger partial charge in [0.15, 0.2) is 0 Å². The summed E-state index contributed by atoms with van der Waals surface area (Å²) < 4.78 is 26.9. The first-order valence-electron chi connectivity index (χ1n) is 6.83. The molecule has 21 heavy (non-hydrogen) atoms. The molecule has 1 unspecified atom stereocenters. The van der Waals surface area contributed by atoms with Crippen molar-refractivity contribution in [2.75, 3.05) is 12.8 Å². The minimum Gasteiger partial charge on any atom is -0.312 e. The molecule has 0 aromatic heterocycles. The molecule has 0 amide bonds. The normalized spacial score (nSPS) is 12.4. The summed E-state index contributed by atoms with van der Waals surface area (Å²) in [6, 6.07) is 9.95. The van der Waals surface area contributed by atoms with Crippen molar-refractivity contribution in [2.45, 2.75) is 24.8 Å². The van der Waals surface area contributed by atoms with Crippen LogP contribution in [0.1, 0.15) is 22.7 Å². The van der Waals surface area contributed by atoms with Gasteiger partial charge < -0.3 is 5.32 Å². The first kappa shape index (κ1) is 16.0. The van der Waals surface area contributed by atoms with Gasteiger partial charge in [0.1, 0.15) is 11.6 Å². The molecular formula is C17H19F2NS. The average molecular weight is 307 g/mol. The first-order chi connectivity index (χ1) is 10.0. The molecular weight excluding hydrogens is 288 g/mol. The highest BCUT2D eigenvalue weighted by Crippen LogP contribution is 2.29. The Bertz CT molecular complexity index is 628. The molecule has 4 heteroatoms. The molecule has 0 saturated heterocycles. The number of hydrogen-bond acceptors (Lipinski definition) is 2. The van der Waals surface area contributed by atoms with Crippen LogP contribution in [0.2, 0.25) is 0 Å². The summed E-state index contributed by atoms with van der Waals surface area (Å²) >= 11 is 1.33. The van der Waals surface area contributed by atoms with Gasteiger partial charge in [-0.05, 0) is 50.2 Å². The average Bonchev–Trinajstić information content (AvgIpc) is 2.46. The Morgan fingerprint density at radius 1 is 1.10 bits per heavy atom. The lowest BCUT2D eigenvalue weighted by atomic mass is 10.0. The zero-order chi connectivity index (χ0) is 15.4. The summed E-state index contributed by atoms with van der Waals surface area (Å²) in [5, 5.41) is 3.25. The molecule has 0 aliphatic heterocycles. The fourth-order valence-electron chi connectivity index (χ4n) is 2.22. The van der Waals surface area contributed by atoms with E-state index < -0.39 is 5.82 Å². The maximum atomic E-state index is 13.7. The highest BCUT2D eigenvalue weighted by atomic mass is 32.2. The standard InChI is InChI=1S/C17H19F2NS/c1-11-4-5-12(2)14(8-11)16(20-3)10-21-17-9-13(18)6-7-15(17)19/h4-9,16,20H,10H2,1-3H3. The van der Waals surface area contributed by atoms with Crippen molar-refractivity contribution >= 4 is 11.8 Å². The molecule has 112 valence electrons. The zero-order valence-corrected chi connectivity index (χ0v) is 13.2. The molecule has 2 aromatic rings. The van der Waals surface area contributed by atoms with Crippen molar-refractivity contribution in [1.29, 1.82) is 0 Å². The molecule has 1 N–H and O–H groups in total. The Kier molecular flexibility index (Phi) is 5.37. The summed E-state index contributed by atoms with van der Waals surface area (Å²) in [4.78, 5) is 0.348. The molecule has 2 aromatic carbocycles. The second-order valence-corrected chi connectivity index (χ2v) is 6.15. The molecule has 0 spiro atoms. The van der Waals surface area contributed by atoms with E-state index in [0.717, 1.165) is 6.07 Å². The first-order valence-corrected chi connectivity index (χ1v) is 7.82. The number of rotatable bonds is 5. The van der Waals surface area contributed by atoms with Gasteiger partial charge >= 0.3 is 0 Å². The third-order valence-electron chi connectivity index (χ3n) is 3.46. The van der Waals surface area contributed by atoms with Gasteiger partial charge in [-0.3, -0.25) is 0 Å². The van der Waals surface area contributed by atoms with Crippen LogP contribution in [-0.2, 0) is 0 Å². The highest BCUT2D eigenvalue weighted by Gasteiger charge is 2.14. The molecule has 1 nitrogen and oxygen atoms in total. The molecule has 2 rings (SSSR count). The van der Waals surface area contributed by atoms with E-state index in [2.05, 4.69) is 37.4 Å². The second-order valence-electron chi connectivity index (χ2n) is 5.09. The van der Waals surface area contributed by atoms with E-state index >= 15 is 0 Å². The third-order valence-corrected chi connectivity index (χ3v) is 4.58. The summed E-state index contributed by atoms with van der Waals surface area (Å²) in [6.45, 7) is 4.11. The van der Waals surface area contributed by atoms with Crippen LogP contribution in [0, 0.1) is 25.5 Å². The summed E-state index contributed by atoms with van der Waals surface area (Å²) in [5.41, 5.74) is 3.58. The van der Waals surface area contributed by atoms with Crippen LogP contribution < -0.4 is 5.32 Å². The topological polar surface area (TPSA) is 12.0 Å². The molecule has 0 aliphatic carbocycles. The Morgan fingerprint density at radius 2 is 1.86 bits per heavy atom. The fourth-order valence-corrected chi connectivity index (χ4v) is 3.32. The monoisotopic (exact) mass is 307 g/mol. The summed E-state index contributed by atoms with van der Waals surface area (Å²) in [5.74, 6) is -0.148. The van der Waals surface area contributed by atoms with Gasteiger partial charge in [0, 0.05) is 16.7 Å². The van der Waals surface area contributed by atoms with Crippen molar-refractivity contribution < 1.29 is 8.78 Å². The lowest BCUT2D eigenvalue weighted by Gasteiger charge is -2.19. The zero-order valence-electron chi connectivity index (χ0n) is 12.4. The second kappa shape index (κ2) is 7.05. The van der Waals surface area contributed by atoms with Gasteiger partial charge in [-0.15, -0.1) is 11.8 Å². The van der Waals surface area contributed by atoms with Gasteiger partial charge in [-0.25, -0.2) is 8.78 Å². The van der Waals surface area contributed by atoms with Gasteiger partial charge in [0.25, 0.3) is 0 Å². The van der Waals surface area contributed by atoms with E-state index in [9.17, 15) is 8.78 Å². The quantitative estimate of drug-likeness (QED) is 0.808. The molecule has 0 aliphatic rings. The molecule has 1 atom stereocenters. The number of halogens is 2. The van der Waals surface area contributed by atoms with Crippen molar-refractivity contribution in [3.8, 4) is 0 Å². The van der Waals surface area contributed by atoms with E-state index in [1.807, 2.05) is 7.05 Å². The maximum absolute atomic E-state index is 13.7. The third kappa shape index (κ3) is 4.05. The maximum Gasteiger partial charge on any atom is 0.136 e. The van der Waals surface area contributed by atoms with Crippen molar-refractivity contribution in [1.82, 2.24) is 5.32 Å². The van der Waals surface area contributed by atoms with Gasteiger partial charge in [0.2, 0.25) is 0 Å². The van der Waals surface area contributed by atoms with E-state index in [0.29, 0.717) is 10.6 Å². The van der Waals surface area contributed by atoms with Crippen LogP contribution in [0.4, 0.5) is 8.78 Å². The van der Waals surface area contributed by atoms with Crippen LogP contribution in [0.25, 0.3) is 0 Å². The van der Waals surface area contributed by atoms with Crippen molar-refractivity contribution in [3.05, 3.63) is 64.7 Å². The highest BCUT2D eigenvalue weighted by molar-refractivity contribution is 7.99. The van der Waals surface area contributed by atoms with Crippen LogP contribution in [0.15, 0.2) is 41.3 Å². The van der Waals surface area contributed by atoms with Gasteiger partial charge in [0.05, 0.1) is 0 Å². The van der Waals surface area contributed by atoms with Crippen LogP contribution >= 0.6 is 11.8 Å². The smallest absolute Gasteiger partial charge is 0.136 e. The number of benzene rings is 2. The minimum absolute atomic E-state index is 0.0950. The number of thioether (sulfide) groups is 1. The minimum atomic E-state index is -0.411. The van der Waals surface area contributed by atoms with Crippen LogP contribution in [-0.4, -0.2) is 12.8 Å². The predicted molar refractivity (Wildman–Crippen MR) is 84.8 cm³/mol. The van der Waals surface area contributed by atoms with E-state index in [1.165, 1.54) is 40.6 Å². The molecule has 0 heterocycles. The molecule has 0 fully saturated rings. The molecule has 0 saturated carbocycles. The van der Waals surface area contributed by atoms with Gasteiger partial charge in [-0.2, -0.15) is 0 Å². The van der Waals surface area contributed by atoms with Gasteiger partial charge in [-0.1, -0.05) is 23.8 Å². The van der Waals surface area contributed by atoms with Crippen LogP contribution in [0.3, 0.4) is 0 Å². The number of aryl methyl sites for hydroxylation is 2.